The Hall–Kier alpha value is -2.84. The molecule has 2 aromatic carbocycles. The Bertz CT molecular complexity index is 1170. The number of halogens is 1. The van der Waals surface area contributed by atoms with Gasteiger partial charge in [0.2, 0.25) is 10.0 Å². The van der Waals surface area contributed by atoms with Crippen molar-refractivity contribution in [2.75, 3.05) is 15.8 Å². The van der Waals surface area contributed by atoms with Crippen molar-refractivity contribution in [1.29, 1.82) is 0 Å². The van der Waals surface area contributed by atoms with Gasteiger partial charge in [0.1, 0.15) is 5.15 Å². The Balaban J connectivity index is 1.79. The molecule has 1 amide bonds. The molecule has 0 fully saturated rings. The summed E-state index contributed by atoms with van der Waals surface area (Å²) in [5, 5.41) is 7.47. The maximum Gasteiger partial charge on any atom is 0.260 e. The lowest BCUT2D eigenvalue weighted by molar-refractivity contribution is 0.102. The summed E-state index contributed by atoms with van der Waals surface area (Å²) in [5.41, 5.74) is 3.54. The molecular weight excluding hydrogens is 424 g/mol. The predicted octanol–water partition coefficient (Wildman–Crippen LogP) is 4.22. The number of sulfonamides is 1. The third kappa shape index (κ3) is 5.01. The maximum atomic E-state index is 12.8. The predicted molar refractivity (Wildman–Crippen MR) is 120 cm³/mol. The molecule has 9 heteroatoms. The van der Waals surface area contributed by atoms with Gasteiger partial charge in [-0.25, -0.2) is 13.1 Å². The number of aromatic nitrogens is 2. The molecule has 0 unspecified atom stereocenters. The molecule has 30 heavy (non-hydrogen) atoms. The summed E-state index contributed by atoms with van der Waals surface area (Å²) in [6.45, 7) is 5.52. The van der Waals surface area contributed by atoms with Crippen LogP contribution in [0.3, 0.4) is 0 Å². The van der Waals surface area contributed by atoms with Crippen LogP contribution in [0, 0.1) is 13.8 Å². The van der Waals surface area contributed by atoms with Gasteiger partial charge in [-0.15, -0.1) is 0 Å². The van der Waals surface area contributed by atoms with Gasteiger partial charge in [-0.1, -0.05) is 41.9 Å². The van der Waals surface area contributed by atoms with E-state index in [4.69, 9.17) is 11.6 Å². The number of hydrogen-bond donors (Lipinski definition) is 2. The van der Waals surface area contributed by atoms with Gasteiger partial charge >= 0.3 is 0 Å². The minimum Gasteiger partial charge on any atom is -0.322 e. The van der Waals surface area contributed by atoms with Crippen molar-refractivity contribution in [3.05, 3.63) is 76.1 Å². The Morgan fingerprint density at radius 2 is 1.83 bits per heavy atom. The Labute approximate surface area is 181 Å². The largest absolute Gasteiger partial charge is 0.322 e. The van der Waals surface area contributed by atoms with E-state index in [1.807, 2.05) is 30.3 Å². The highest BCUT2D eigenvalue weighted by Crippen LogP contribution is 2.25. The van der Waals surface area contributed by atoms with Crippen LogP contribution in [0.2, 0.25) is 5.15 Å². The highest BCUT2D eigenvalue weighted by molar-refractivity contribution is 7.92. The van der Waals surface area contributed by atoms with Crippen molar-refractivity contribution in [2.45, 2.75) is 27.3 Å². The summed E-state index contributed by atoms with van der Waals surface area (Å²) in [6, 6.07) is 14.7. The van der Waals surface area contributed by atoms with Crippen LogP contribution in [0.5, 0.6) is 0 Å². The second-order valence-electron chi connectivity index (χ2n) is 6.88. The minimum absolute atomic E-state index is 0.0182. The third-order valence-electron chi connectivity index (χ3n) is 4.60. The second-order valence-corrected chi connectivity index (χ2v) is 9.25. The van der Waals surface area contributed by atoms with Crippen molar-refractivity contribution < 1.29 is 13.2 Å². The fraction of sp³-hybridized carbons (Fsp3) is 0.238. The summed E-state index contributed by atoms with van der Waals surface area (Å²) in [5.74, 6) is -0.395. The van der Waals surface area contributed by atoms with Crippen LogP contribution in [0.4, 0.5) is 11.4 Å². The number of amides is 1. The van der Waals surface area contributed by atoms with Crippen LogP contribution in [0.1, 0.15) is 34.1 Å². The van der Waals surface area contributed by atoms with E-state index in [2.05, 4.69) is 15.1 Å². The number of nitrogens with zero attached hydrogens (tertiary/aromatic N) is 2. The Morgan fingerprint density at radius 1 is 1.13 bits per heavy atom. The number of nitrogens with one attached hydrogen (secondary N) is 2. The average Bonchev–Trinajstić information content (AvgIpc) is 2.98. The van der Waals surface area contributed by atoms with Crippen molar-refractivity contribution in [1.82, 2.24) is 9.78 Å². The molecule has 1 heterocycles. The topological polar surface area (TPSA) is 93.1 Å². The summed E-state index contributed by atoms with van der Waals surface area (Å²) >= 11 is 6.45. The molecule has 0 atom stereocenters. The van der Waals surface area contributed by atoms with Gasteiger partial charge < -0.3 is 5.32 Å². The van der Waals surface area contributed by atoms with Crippen LogP contribution in [0.15, 0.2) is 48.5 Å². The standard InChI is InChI=1S/C21H23ClN4O3S/c1-4-30(28,29)25-18-11-10-17(12-14(18)2)23-21(27)19-15(3)24-26(20(19)22)13-16-8-6-5-7-9-16/h5-12,25H,4,13H2,1-3H3,(H,23,27). The minimum atomic E-state index is -3.37. The van der Waals surface area contributed by atoms with E-state index in [-0.39, 0.29) is 16.8 Å². The van der Waals surface area contributed by atoms with E-state index < -0.39 is 10.0 Å². The fourth-order valence-corrected chi connectivity index (χ4v) is 3.99. The lowest BCUT2D eigenvalue weighted by atomic mass is 10.1. The van der Waals surface area contributed by atoms with Crippen molar-refractivity contribution in [3.8, 4) is 0 Å². The van der Waals surface area contributed by atoms with Gasteiger partial charge in [0.25, 0.3) is 5.91 Å². The maximum absolute atomic E-state index is 12.8. The normalized spacial score (nSPS) is 11.3. The summed E-state index contributed by atoms with van der Waals surface area (Å²) in [7, 11) is -3.37. The first kappa shape index (κ1) is 21.9. The Morgan fingerprint density at radius 3 is 2.47 bits per heavy atom. The Kier molecular flexibility index (Phi) is 6.48. The molecular formula is C21H23ClN4O3S. The number of hydrogen-bond acceptors (Lipinski definition) is 4. The lowest BCUT2D eigenvalue weighted by Gasteiger charge is -2.12. The second kappa shape index (κ2) is 8.89. The van der Waals surface area contributed by atoms with Gasteiger partial charge in [0, 0.05) is 5.69 Å². The number of rotatable bonds is 7. The zero-order valence-corrected chi connectivity index (χ0v) is 18.5. The lowest BCUT2D eigenvalue weighted by Crippen LogP contribution is -2.16. The SMILES string of the molecule is CCS(=O)(=O)Nc1ccc(NC(=O)c2c(C)nn(Cc3ccccc3)c2Cl)cc1C. The third-order valence-corrected chi connectivity index (χ3v) is 6.27. The van der Waals surface area contributed by atoms with Crippen LogP contribution < -0.4 is 10.0 Å². The molecule has 3 aromatic rings. The zero-order valence-electron chi connectivity index (χ0n) is 16.9. The average molecular weight is 447 g/mol. The number of carbonyl (C=O) groups is 1. The molecule has 158 valence electrons. The zero-order chi connectivity index (χ0) is 21.9. The molecule has 3 rings (SSSR count). The molecule has 7 nitrogen and oxygen atoms in total. The highest BCUT2D eigenvalue weighted by atomic mass is 35.5. The van der Waals surface area contributed by atoms with Gasteiger partial charge in [-0.2, -0.15) is 5.10 Å². The molecule has 0 radical (unpaired) electrons. The summed E-state index contributed by atoms with van der Waals surface area (Å²) in [4.78, 5) is 12.8. The molecule has 0 aliphatic carbocycles. The molecule has 0 aliphatic rings. The first-order valence-electron chi connectivity index (χ1n) is 9.39. The molecule has 0 spiro atoms. The summed E-state index contributed by atoms with van der Waals surface area (Å²) in [6.07, 6.45) is 0. The number of aryl methyl sites for hydroxylation is 2. The van der Waals surface area contributed by atoms with Gasteiger partial charge in [-0.3, -0.25) is 9.52 Å². The smallest absolute Gasteiger partial charge is 0.260 e. The van der Waals surface area contributed by atoms with Crippen molar-refractivity contribution in [3.63, 3.8) is 0 Å². The van der Waals surface area contributed by atoms with E-state index >= 15 is 0 Å². The number of benzene rings is 2. The van der Waals surface area contributed by atoms with Crippen LogP contribution in [0.25, 0.3) is 0 Å². The monoisotopic (exact) mass is 446 g/mol. The number of carbonyl (C=O) groups excluding carboxylic acids is 1. The first-order valence-corrected chi connectivity index (χ1v) is 11.4. The van der Waals surface area contributed by atoms with Crippen LogP contribution in [-0.2, 0) is 16.6 Å². The van der Waals surface area contributed by atoms with E-state index in [9.17, 15) is 13.2 Å². The van der Waals surface area contributed by atoms with Gasteiger partial charge in [0.05, 0.1) is 29.2 Å². The fourth-order valence-electron chi connectivity index (χ4n) is 2.96. The molecule has 0 saturated carbocycles. The van der Waals surface area contributed by atoms with E-state index in [0.29, 0.717) is 34.7 Å². The van der Waals surface area contributed by atoms with Crippen molar-refractivity contribution >= 4 is 38.9 Å². The molecule has 1 aromatic heterocycles. The molecule has 2 N–H and O–H groups in total. The van der Waals surface area contributed by atoms with Gasteiger partial charge in [-0.05, 0) is 50.1 Å². The van der Waals surface area contributed by atoms with E-state index in [1.54, 1.807) is 43.7 Å². The molecule has 0 bridgehead atoms. The molecule has 0 aliphatic heterocycles. The van der Waals surface area contributed by atoms with Crippen molar-refractivity contribution in [2.24, 2.45) is 0 Å². The van der Waals surface area contributed by atoms with E-state index in [1.165, 1.54) is 0 Å². The number of anilines is 2. The highest BCUT2D eigenvalue weighted by Gasteiger charge is 2.21. The quantitative estimate of drug-likeness (QED) is 0.568. The van der Waals surface area contributed by atoms with Crippen LogP contribution >= 0.6 is 11.6 Å². The van der Waals surface area contributed by atoms with Crippen LogP contribution in [-0.4, -0.2) is 29.9 Å². The van der Waals surface area contributed by atoms with Gasteiger partial charge in [0.15, 0.2) is 0 Å². The first-order chi connectivity index (χ1) is 14.2. The molecule has 0 saturated heterocycles. The van der Waals surface area contributed by atoms with E-state index in [0.717, 1.165) is 5.56 Å². The summed E-state index contributed by atoms with van der Waals surface area (Å²) < 4.78 is 27.7.